The Morgan fingerprint density at radius 3 is 2.92 bits per heavy atom. The highest BCUT2D eigenvalue weighted by Crippen LogP contribution is 2.25. The van der Waals surface area contributed by atoms with Crippen LogP contribution in [0.4, 0.5) is 0 Å². The van der Waals surface area contributed by atoms with Gasteiger partial charge in [-0.1, -0.05) is 6.07 Å². The Labute approximate surface area is 150 Å². The van der Waals surface area contributed by atoms with E-state index in [9.17, 15) is 9.59 Å². The molecule has 0 bridgehead atoms. The average Bonchev–Trinajstić information content (AvgIpc) is 3.06. The largest absolute Gasteiger partial charge is 0.345 e. The SMILES string of the molecule is CSCC(=O)N1CCn2cc(C(=O)NCc3ccccn3)nc2[C@H]1C. The maximum Gasteiger partial charge on any atom is 0.271 e. The number of hydrogen-bond acceptors (Lipinski definition) is 5. The molecule has 3 rings (SSSR count). The lowest BCUT2D eigenvalue weighted by atomic mass is 10.2. The molecule has 0 fully saturated rings. The van der Waals surface area contributed by atoms with Crippen LogP contribution >= 0.6 is 11.8 Å². The van der Waals surface area contributed by atoms with Crippen molar-refractivity contribution < 1.29 is 9.59 Å². The van der Waals surface area contributed by atoms with E-state index in [4.69, 9.17) is 0 Å². The van der Waals surface area contributed by atoms with Gasteiger partial charge in [-0.2, -0.15) is 11.8 Å². The van der Waals surface area contributed by atoms with Crippen molar-refractivity contribution in [1.82, 2.24) is 24.8 Å². The van der Waals surface area contributed by atoms with Crippen molar-refractivity contribution in [3.05, 3.63) is 47.8 Å². The predicted octanol–water partition coefficient (Wildman–Crippen LogP) is 1.47. The number of carbonyl (C=O) groups is 2. The van der Waals surface area contributed by atoms with Gasteiger partial charge in [0.2, 0.25) is 5.91 Å². The monoisotopic (exact) mass is 359 g/mol. The van der Waals surface area contributed by atoms with Gasteiger partial charge in [0.25, 0.3) is 5.91 Å². The van der Waals surface area contributed by atoms with Crippen LogP contribution in [0.1, 0.15) is 35.0 Å². The second-order valence-corrected chi connectivity index (χ2v) is 6.74. The maximum atomic E-state index is 12.4. The van der Waals surface area contributed by atoms with Crippen molar-refractivity contribution in [2.75, 3.05) is 18.6 Å². The molecule has 0 aliphatic carbocycles. The zero-order valence-corrected chi connectivity index (χ0v) is 15.1. The average molecular weight is 359 g/mol. The van der Waals surface area contributed by atoms with E-state index in [-0.39, 0.29) is 17.9 Å². The molecule has 132 valence electrons. The molecule has 2 aromatic rings. The maximum absolute atomic E-state index is 12.4. The van der Waals surface area contributed by atoms with Crippen molar-refractivity contribution in [3.8, 4) is 0 Å². The van der Waals surface area contributed by atoms with Gasteiger partial charge in [0.15, 0.2) is 0 Å². The number of nitrogens with zero attached hydrogens (tertiary/aromatic N) is 4. The summed E-state index contributed by atoms with van der Waals surface area (Å²) in [6.45, 7) is 3.60. The lowest BCUT2D eigenvalue weighted by Crippen LogP contribution is -2.41. The highest BCUT2D eigenvalue weighted by atomic mass is 32.2. The molecule has 0 unspecified atom stereocenters. The van der Waals surface area contributed by atoms with E-state index in [1.165, 1.54) is 11.8 Å². The molecular formula is C17H21N5O2S. The quantitative estimate of drug-likeness (QED) is 0.875. The molecule has 1 atom stereocenters. The summed E-state index contributed by atoms with van der Waals surface area (Å²) >= 11 is 1.51. The molecule has 0 aromatic carbocycles. The summed E-state index contributed by atoms with van der Waals surface area (Å²) in [5.74, 6) is 1.09. The zero-order valence-electron chi connectivity index (χ0n) is 14.3. The Kier molecular flexibility index (Phi) is 5.37. The summed E-state index contributed by atoms with van der Waals surface area (Å²) < 4.78 is 1.96. The number of pyridine rings is 1. The molecule has 7 nitrogen and oxygen atoms in total. The zero-order chi connectivity index (χ0) is 17.8. The van der Waals surface area contributed by atoms with Crippen LogP contribution in [0.15, 0.2) is 30.6 Å². The first kappa shape index (κ1) is 17.5. The lowest BCUT2D eigenvalue weighted by molar-refractivity contribution is -0.131. The number of fused-ring (bicyclic) bond motifs is 1. The Bertz CT molecular complexity index is 762. The van der Waals surface area contributed by atoms with E-state index in [1.807, 2.05) is 40.8 Å². The van der Waals surface area contributed by atoms with Gasteiger partial charge in [-0.15, -0.1) is 0 Å². The number of aromatic nitrogens is 3. The van der Waals surface area contributed by atoms with Crippen LogP contribution in [0.2, 0.25) is 0 Å². The van der Waals surface area contributed by atoms with E-state index in [2.05, 4.69) is 15.3 Å². The van der Waals surface area contributed by atoms with E-state index in [0.717, 1.165) is 11.5 Å². The molecule has 0 saturated heterocycles. The third kappa shape index (κ3) is 3.84. The molecule has 2 aromatic heterocycles. The Morgan fingerprint density at radius 1 is 1.36 bits per heavy atom. The standard InChI is InChI=1S/C17H21N5O2S/c1-12-16-20-14(17(24)19-9-13-5-3-4-6-18-13)10-21(16)7-8-22(12)15(23)11-25-2/h3-6,10,12H,7-9,11H2,1-2H3,(H,19,24)/t12-/m1/s1. The van der Waals surface area contributed by atoms with E-state index < -0.39 is 0 Å². The molecule has 2 amide bonds. The summed E-state index contributed by atoms with van der Waals surface area (Å²) in [7, 11) is 0. The van der Waals surface area contributed by atoms with Crippen LogP contribution in [0.25, 0.3) is 0 Å². The van der Waals surface area contributed by atoms with Crippen molar-refractivity contribution in [3.63, 3.8) is 0 Å². The number of rotatable bonds is 5. The van der Waals surface area contributed by atoms with Gasteiger partial charge in [-0.05, 0) is 25.3 Å². The third-order valence-electron chi connectivity index (χ3n) is 4.21. The first-order valence-electron chi connectivity index (χ1n) is 8.13. The number of imidazole rings is 1. The van der Waals surface area contributed by atoms with Gasteiger partial charge < -0.3 is 14.8 Å². The molecule has 1 aliphatic rings. The molecule has 1 N–H and O–H groups in total. The van der Waals surface area contributed by atoms with Crippen LogP contribution in [-0.4, -0.2) is 49.8 Å². The van der Waals surface area contributed by atoms with Gasteiger partial charge >= 0.3 is 0 Å². The topological polar surface area (TPSA) is 80.1 Å². The summed E-state index contributed by atoms with van der Waals surface area (Å²) in [6, 6.07) is 5.44. The van der Waals surface area contributed by atoms with Gasteiger partial charge in [-0.3, -0.25) is 14.6 Å². The summed E-state index contributed by atoms with van der Waals surface area (Å²) in [5, 5.41) is 2.83. The van der Waals surface area contributed by atoms with Crippen LogP contribution < -0.4 is 5.32 Å². The molecule has 25 heavy (non-hydrogen) atoms. The van der Waals surface area contributed by atoms with Gasteiger partial charge in [-0.25, -0.2) is 4.98 Å². The Hall–Kier alpha value is -2.35. The number of amides is 2. The van der Waals surface area contributed by atoms with Crippen molar-refractivity contribution in [2.45, 2.75) is 26.1 Å². The molecular weight excluding hydrogens is 338 g/mol. The first-order valence-corrected chi connectivity index (χ1v) is 9.53. The number of nitrogens with one attached hydrogen (secondary N) is 1. The summed E-state index contributed by atoms with van der Waals surface area (Å²) in [4.78, 5) is 35.0. The van der Waals surface area contributed by atoms with Crippen LogP contribution in [0.5, 0.6) is 0 Å². The lowest BCUT2D eigenvalue weighted by Gasteiger charge is -2.33. The minimum atomic E-state index is -0.234. The van der Waals surface area contributed by atoms with Gasteiger partial charge in [0, 0.05) is 25.5 Å². The summed E-state index contributed by atoms with van der Waals surface area (Å²) in [5.41, 5.74) is 1.17. The fourth-order valence-corrected chi connectivity index (χ4v) is 3.32. The fourth-order valence-electron chi connectivity index (χ4n) is 2.91. The smallest absolute Gasteiger partial charge is 0.271 e. The molecule has 0 saturated carbocycles. The minimum Gasteiger partial charge on any atom is -0.345 e. The highest BCUT2D eigenvalue weighted by molar-refractivity contribution is 7.99. The number of hydrogen-bond donors (Lipinski definition) is 1. The fraction of sp³-hybridized carbons (Fsp3) is 0.412. The van der Waals surface area contributed by atoms with Gasteiger partial charge in [0.05, 0.1) is 24.0 Å². The van der Waals surface area contributed by atoms with Crippen molar-refractivity contribution >= 4 is 23.6 Å². The third-order valence-corrected chi connectivity index (χ3v) is 4.74. The van der Waals surface area contributed by atoms with Crippen molar-refractivity contribution in [2.24, 2.45) is 0 Å². The number of carbonyl (C=O) groups excluding carboxylic acids is 2. The van der Waals surface area contributed by atoms with E-state index >= 15 is 0 Å². The Morgan fingerprint density at radius 2 is 2.20 bits per heavy atom. The molecule has 0 radical (unpaired) electrons. The Balaban J connectivity index is 1.69. The first-order chi connectivity index (χ1) is 12.1. The number of thioether (sulfide) groups is 1. The molecule has 1 aliphatic heterocycles. The summed E-state index contributed by atoms with van der Waals surface area (Å²) in [6.07, 6.45) is 5.37. The van der Waals surface area contributed by atoms with Crippen LogP contribution in [-0.2, 0) is 17.9 Å². The molecule has 8 heteroatoms. The minimum absolute atomic E-state index is 0.107. The normalized spacial score (nSPS) is 16.4. The molecule has 3 heterocycles. The van der Waals surface area contributed by atoms with Crippen LogP contribution in [0, 0.1) is 0 Å². The van der Waals surface area contributed by atoms with E-state index in [0.29, 0.717) is 31.1 Å². The van der Waals surface area contributed by atoms with Gasteiger partial charge in [0.1, 0.15) is 11.5 Å². The van der Waals surface area contributed by atoms with Crippen LogP contribution in [0.3, 0.4) is 0 Å². The second kappa shape index (κ2) is 7.69. The van der Waals surface area contributed by atoms with E-state index in [1.54, 1.807) is 12.4 Å². The molecule has 0 spiro atoms. The highest BCUT2D eigenvalue weighted by Gasteiger charge is 2.30. The predicted molar refractivity (Wildman–Crippen MR) is 96.1 cm³/mol. The van der Waals surface area contributed by atoms with Crippen molar-refractivity contribution in [1.29, 1.82) is 0 Å². The second-order valence-electron chi connectivity index (χ2n) is 5.88.